The Morgan fingerprint density at radius 1 is 1.22 bits per heavy atom. The Labute approximate surface area is 159 Å². The minimum Gasteiger partial charge on any atom is -0.479 e. The number of amides is 3. The summed E-state index contributed by atoms with van der Waals surface area (Å²) in [5, 5.41) is 11.7. The van der Waals surface area contributed by atoms with Gasteiger partial charge in [-0.2, -0.15) is 0 Å². The van der Waals surface area contributed by atoms with Gasteiger partial charge < -0.3 is 25.2 Å². The van der Waals surface area contributed by atoms with Crippen molar-refractivity contribution in [3.05, 3.63) is 30.0 Å². The highest BCUT2D eigenvalue weighted by atomic mass is 32.2. The van der Waals surface area contributed by atoms with E-state index in [0.717, 1.165) is 0 Å². The SMILES string of the molecule is Cc1cc(NC(=O)CSCC(=O)Nc2ccc3c(c2)NC(=O)[C@H](C)O3)no1. The van der Waals surface area contributed by atoms with Crippen molar-refractivity contribution in [2.45, 2.75) is 20.0 Å². The molecule has 9 nitrogen and oxygen atoms in total. The van der Waals surface area contributed by atoms with Crippen LogP contribution in [0.1, 0.15) is 12.7 Å². The summed E-state index contributed by atoms with van der Waals surface area (Å²) < 4.78 is 10.3. The van der Waals surface area contributed by atoms with Crippen molar-refractivity contribution in [1.29, 1.82) is 0 Å². The summed E-state index contributed by atoms with van der Waals surface area (Å²) in [5.74, 6) is 0.913. The lowest BCUT2D eigenvalue weighted by molar-refractivity contribution is -0.122. The number of fused-ring (bicyclic) bond motifs is 1. The summed E-state index contributed by atoms with van der Waals surface area (Å²) >= 11 is 1.17. The summed E-state index contributed by atoms with van der Waals surface area (Å²) in [4.78, 5) is 35.5. The number of benzene rings is 1. The van der Waals surface area contributed by atoms with Crippen molar-refractivity contribution in [3.63, 3.8) is 0 Å². The molecular weight excluding hydrogens is 372 g/mol. The van der Waals surface area contributed by atoms with E-state index in [4.69, 9.17) is 9.26 Å². The Bertz CT molecular complexity index is 882. The molecule has 142 valence electrons. The lowest BCUT2D eigenvalue weighted by atomic mass is 10.2. The first-order valence-corrected chi connectivity index (χ1v) is 9.28. The lowest BCUT2D eigenvalue weighted by Crippen LogP contribution is -2.34. The molecule has 0 fully saturated rings. The molecule has 1 aromatic heterocycles. The van der Waals surface area contributed by atoms with E-state index in [9.17, 15) is 14.4 Å². The first-order chi connectivity index (χ1) is 12.9. The molecule has 1 atom stereocenters. The predicted molar refractivity (Wildman–Crippen MR) is 101 cm³/mol. The van der Waals surface area contributed by atoms with Gasteiger partial charge in [0.2, 0.25) is 11.8 Å². The maximum Gasteiger partial charge on any atom is 0.265 e. The number of ether oxygens (including phenoxy) is 1. The van der Waals surface area contributed by atoms with Gasteiger partial charge in [-0.25, -0.2) is 0 Å². The molecule has 0 bridgehead atoms. The molecular formula is C17H18N4O5S. The number of nitrogens with one attached hydrogen (secondary N) is 3. The fraction of sp³-hybridized carbons (Fsp3) is 0.294. The summed E-state index contributed by atoms with van der Waals surface area (Å²) in [6.45, 7) is 3.38. The molecule has 2 aromatic rings. The third-order valence-corrected chi connectivity index (χ3v) is 4.49. The summed E-state index contributed by atoms with van der Waals surface area (Å²) in [6, 6.07) is 6.60. The maximum atomic E-state index is 12.0. The minimum absolute atomic E-state index is 0.0994. The zero-order chi connectivity index (χ0) is 19.4. The largest absolute Gasteiger partial charge is 0.479 e. The number of rotatable bonds is 6. The number of thioether (sulfide) groups is 1. The van der Waals surface area contributed by atoms with Crippen LogP contribution < -0.4 is 20.7 Å². The third kappa shape index (κ3) is 5.00. The van der Waals surface area contributed by atoms with E-state index >= 15 is 0 Å². The molecule has 3 N–H and O–H groups in total. The third-order valence-electron chi connectivity index (χ3n) is 3.56. The number of nitrogens with zero attached hydrogens (tertiary/aromatic N) is 1. The van der Waals surface area contributed by atoms with Crippen LogP contribution in [0, 0.1) is 6.92 Å². The van der Waals surface area contributed by atoms with Crippen LogP contribution in [-0.4, -0.2) is 40.5 Å². The van der Waals surface area contributed by atoms with E-state index in [0.29, 0.717) is 28.7 Å². The second-order valence-corrected chi connectivity index (χ2v) is 6.86. The molecule has 1 aliphatic rings. The molecule has 0 aliphatic carbocycles. The van der Waals surface area contributed by atoms with Gasteiger partial charge in [0.1, 0.15) is 11.5 Å². The van der Waals surface area contributed by atoms with E-state index < -0.39 is 6.10 Å². The average molecular weight is 390 g/mol. The van der Waals surface area contributed by atoms with Gasteiger partial charge in [-0.3, -0.25) is 14.4 Å². The van der Waals surface area contributed by atoms with E-state index in [1.165, 1.54) is 11.8 Å². The summed E-state index contributed by atoms with van der Waals surface area (Å²) in [7, 11) is 0. The standard InChI is InChI=1S/C17H18N4O5S/c1-9-5-14(21-26-9)20-16(23)8-27-7-15(22)18-11-3-4-13-12(6-11)19-17(24)10(2)25-13/h3-6,10H,7-8H2,1-2H3,(H,18,22)(H,19,24)(H,20,21,23)/t10-/m0/s1. The van der Waals surface area contributed by atoms with Gasteiger partial charge in [0.15, 0.2) is 11.9 Å². The van der Waals surface area contributed by atoms with Gasteiger partial charge in [0.25, 0.3) is 5.91 Å². The van der Waals surface area contributed by atoms with Gasteiger partial charge >= 0.3 is 0 Å². The summed E-state index contributed by atoms with van der Waals surface area (Å²) in [5.41, 5.74) is 1.03. The molecule has 1 aliphatic heterocycles. The predicted octanol–water partition coefficient (Wildman–Crippen LogP) is 2.01. The fourth-order valence-corrected chi connectivity index (χ4v) is 2.94. The second kappa shape index (κ2) is 8.12. The Morgan fingerprint density at radius 2 is 1.96 bits per heavy atom. The molecule has 0 saturated heterocycles. The van der Waals surface area contributed by atoms with Gasteiger partial charge in [-0.1, -0.05) is 5.16 Å². The highest BCUT2D eigenvalue weighted by Gasteiger charge is 2.23. The molecule has 0 saturated carbocycles. The first-order valence-electron chi connectivity index (χ1n) is 8.13. The van der Waals surface area contributed by atoms with Gasteiger partial charge in [-0.15, -0.1) is 11.8 Å². The molecule has 2 heterocycles. The molecule has 1 aromatic carbocycles. The molecule has 3 rings (SSSR count). The minimum atomic E-state index is -0.554. The number of carbonyl (C=O) groups excluding carboxylic acids is 3. The van der Waals surface area contributed by atoms with E-state index in [2.05, 4.69) is 21.1 Å². The van der Waals surface area contributed by atoms with E-state index in [1.807, 2.05) is 0 Å². The van der Waals surface area contributed by atoms with Crippen molar-refractivity contribution in [3.8, 4) is 5.75 Å². The van der Waals surface area contributed by atoms with Crippen molar-refractivity contribution in [1.82, 2.24) is 5.16 Å². The normalized spacial score (nSPS) is 15.3. The number of carbonyl (C=O) groups is 3. The highest BCUT2D eigenvalue weighted by Crippen LogP contribution is 2.32. The van der Waals surface area contributed by atoms with Crippen LogP contribution in [-0.2, 0) is 14.4 Å². The quantitative estimate of drug-likeness (QED) is 0.689. The number of hydrogen-bond donors (Lipinski definition) is 3. The van der Waals surface area contributed by atoms with Gasteiger partial charge in [0, 0.05) is 11.8 Å². The number of aromatic nitrogens is 1. The molecule has 0 unspecified atom stereocenters. The Kier molecular flexibility index (Phi) is 5.65. The monoisotopic (exact) mass is 390 g/mol. The topological polar surface area (TPSA) is 123 Å². The number of anilines is 3. The zero-order valence-electron chi connectivity index (χ0n) is 14.7. The van der Waals surface area contributed by atoms with Crippen molar-refractivity contribution in [2.75, 3.05) is 27.5 Å². The van der Waals surface area contributed by atoms with E-state index in [1.54, 1.807) is 38.1 Å². The van der Waals surface area contributed by atoms with E-state index in [-0.39, 0.29) is 29.2 Å². The molecule has 0 spiro atoms. The number of aryl methyl sites for hydroxylation is 1. The van der Waals surface area contributed by atoms with Crippen LogP contribution >= 0.6 is 11.8 Å². The van der Waals surface area contributed by atoms with Crippen molar-refractivity contribution >= 4 is 46.7 Å². The molecule has 10 heteroatoms. The van der Waals surface area contributed by atoms with Crippen molar-refractivity contribution in [2.24, 2.45) is 0 Å². The molecule has 27 heavy (non-hydrogen) atoms. The van der Waals surface area contributed by atoms with Crippen LogP contribution in [0.15, 0.2) is 28.8 Å². The summed E-state index contributed by atoms with van der Waals surface area (Å²) in [6.07, 6.45) is -0.554. The average Bonchev–Trinajstić information content (AvgIpc) is 3.01. The van der Waals surface area contributed by atoms with Crippen LogP contribution in [0.25, 0.3) is 0 Å². The van der Waals surface area contributed by atoms with Crippen LogP contribution in [0.4, 0.5) is 17.2 Å². The lowest BCUT2D eigenvalue weighted by Gasteiger charge is -2.23. The Morgan fingerprint density at radius 3 is 2.67 bits per heavy atom. The molecule has 3 amide bonds. The Hall–Kier alpha value is -3.01. The van der Waals surface area contributed by atoms with Crippen LogP contribution in [0.2, 0.25) is 0 Å². The highest BCUT2D eigenvalue weighted by molar-refractivity contribution is 8.00. The van der Waals surface area contributed by atoms with Crippen LogP contribution in [0.3, 0.4) is 0 Å². The fourth-order valence-electron chi connectivity index (χ4n) is 2.32. The van der Waals surface area contributed by atoms with Crippen molar-refractivity contribution < 1.29 is 23.6 Å². The molecule has 0 radical (unpaired) electrons. The Balaban J connectivity index is 1.45. The van der Waals surface area contributed by atoms with Gasteiger partial charge in [-0.05, 0) is 32.0 Å². The smallest absolute Gasteiger partial charge is 0.265 e. The van der Waals surface area contributed by atoms with Crippen LogP contribution in [0.5, 0.6) is 5.75 Å². The second-order valence-electron chi connectivity index (χ2n) is 5.87. The van der Waals surface area contributed by atoms with Gasteiger partial charge in [0.05, 0.1) is 17.2 Å². The number of hydrogen-bond acceptors (Lipinski definition) is 7. The maximum absolute atomic E-state index is 12.0. The zero-order valence-corrected chi connectivity index (χ0v) is 15.5. The first kappa shape index (κ1) is 18.8.